The summed E-state index contributed by atoms with van der Waals surface area (Å²) >= 11 is 0. The smallest absolute Gasteiger partial charge is 0.189 e. The van der Waals surface area contributed by atoms with E-state index in [1.165, 1.54) is 11.1 Å². The van der Waals surface area contributed by atoms with Crippen molar-refractivity contribution in [2.45, 2.75) is 25.4 Å². The van der Waals surface area contributed by atoms with E-state index in [1.807, 2.05) is 12.1 Å². The number of nitrogens with one attached hydrogen (secondary N) is 1. The van der Waals surface area contributed by atoms with Crippen molar-refractivity contribution in [1.82, 2.24) is 5.32 Å². The summed E-state index contributed by atoms with van der Waals surface area (Å²) in [6.45, 7) is 2.09. The molecule has 2 aromatic rings. The van der Waals surface area contributed by atoms with E-state index >= 15 is 0 Å². The van der Waals surface area contributed by atoms with Crippen LogP contribution in [0.5, 0.6) is 5.75 Å². The molecule has 0 spiro atoms. The zero-order valence-electron chi connectivity index (χ0n) is 12.9. The van der Waals surface area contributed by atoms with Crippen LogP contribution >= 0.6 is 0 Å². The van der Waals surface area contributed by atoms with Gasteiger partial charge in [-0.2, -0.15) is 0 Å². The van der Waals surface area contributed by atoms with Crippen LogP contribution < -0.4 is 15.8 Å². The molecule has 0 aliphatic carbocycles. The van der Waals surface area contributed by atoms with Gasteiger partial charge in [-0.15, -0.1) is 0 Å². The number of nitrogens with zero attached hydrogens (tertiary/aromatic N) is 1. The van der Waals surface area contributed by atoms with Gasteiger partial charge >= 0.3 is 0 Å². The van der Waals surface area contributed by atoms with Crippen LogP contribution in [0.2, 0.25) is 0 Å². The minimum atomic E-state index is 0.0680. The summed E-state index contributed by atoms with van der Waals surface area (Å²) in [6, 6.07) is 16.8. The number of ether oxygens (including phenoxy) is 1. The van der Waals surface area contributed by atoms with Crippen LogP contribution in [-0.2, 0) is 0 Å². The second-order valence-corrected chi connectivity index (χ2v) is 5.65. The maximum absolute atomic E-state index is 5.99. The summed E-state index contributed by atoms with van der Waals surface area (Å²) in [5.41, 5.74) is 9.64. The zero-order chi connectivity index (χ0) is 15.5. The minimum Gasteiger partial charge on any atom is -0.497 e. The van der Waals surface area contributed by atoms with Crippen LogP contribution in [0.25, 0.3) is 0 Å². The second-order valence-electron chi connectivity index (χ2n) is 5.65. The number of hydrogen-bond acceptors (Lipinski definition) is 4. The van der Waals surface area contributed by atoms with E-state index in [9.17, 15) is 0 Å². The molecule has 0 saturated heterocycles. The maximum Gasteiger partial charge on any atom is 0.189 e. The number of nitrogens with two attached hydrogens (primary N) is 1. The molecule has 4 heteroatoms. The van der Waals surface area contributed by atoms with Gasteiger partial charge in [0.1, 0.15) is 5.75 Å². The number of benzene rings is 2. The van der Waals surface area contributed by atoms with Crippen LogP contribution in [0.3, 0.4) is 0 Å². The van der Waals surface area contributed by atoms with Gasteiger partial charge in [-0.25, -0.2) is 4.99 Å². The highest BCUT2D eigenvalue weighted by atomic mass is 16.5. The summed E-state index contributed by atoms with van der Waals surface area (Å²) in [6.07, 6.45) is 0.885. The predicted molar refractivity (Wildman–Crippen MR) is 89.0 cm³/mol. The Morgan fingerprint density at radius 1 is 1.05 bits per heavy atom. The summed E-state index contributed by atoms with van der Waals surface area (Å²) in [4.78, 5) is 4.54. The van der Waals surface area contributed by atoms with Crippen LogP contribution in [0.4, 0.5) is 0 Å². The lowest BCUT2D eigenvalue weighted by atomic mass is 9.93. The van der Waals surface area contributed by atoms with Gasteiger partial charge in [0.05, 0.1) is 19.2 Å². The molecule has 0 bridgehead atoms. The van der Waals surface area contributed by atoms with E-state index in [4.69, 9.17) is 10.5 Å². The van der Waals surface area contributed by atoms with Gasteiger partial charge < -0.3 is 15.8 Å². The first-order valence-corrected chi connectivity index (χ1v) is 7.46. The lowest BCUT2D eigenvalue weighted by Crippen LogP contribution is -2.39. The van der Waals surface area contributed by atoms with E-state index in [-0.39, 0.29) is 12.1 Å². The Kier molecular flexibility index (Phi) is 4.00. The van der Waals surface area contributed by atoms with Crippen molar-refractivity contribution in [1.29, 1.82) is 0 Å². The molecule has 22 heavy (non-hydrogen) atoms. The van der Waals surface area contributed by atoms with Gasteiger partial charge in [-0.3, -0.25) is 0 Å². The molecule has 0 radical (unpaired) electrons. The molecular formula is C18H21N3O. The van der Waals surface area contributed by atoms with E-state index in [0.29, 0.717) is 5.96 Å². The zero-order valence-corrected chi connectivity index (χ0v) is 12.9. The largest absolute Gasteiger partial charge is 0.497 e. The van der Waals surface area contributed by atoms with E-state index in [1.54, 1.807) is 7.11 Å². The molecule has 2 aromatic carbocycles. The number of guanidine groups is 1. The van der Waals surface area contributed by atoms with Crippen LogP contribution in [-0.4, -0.2) is 13.1 Å². The Bertz CT molecular complexity index is 662. The molecule has 0 aromatic heterocycles. The number of aliphatic imine (C=N–C) groups is 1. The van der Waals surface area contributed by atoms with E-state index in [2.05, 4.69) is 53.6 Å². The lowest BCUT2D eigenvalue weighted by molar-refractivity contribution is 0.414. The Morgan fingerprint density at radius 3 is 2.32 bits per heavy atom. The standard InChI is InChI=1S/C18H21N3O/c1-12-3-5-13(6-4-12)16-11-17(21-18(19)20-16)14-7-9-15(22-2)10-8-14/h3-10,16-17H,11H2,1-2H3,(H3,19,20,21). The first kappa shape index (κ1) is 14.4. The highest BCUT2D eigenvalue weighted by Crippen LogP contribution is 2.32. The third-order valence-corrected chi connectivity index (χ3v) is 4.06. The highest BCUT2D eigenvalue weighted by Gasteiger charge is 2.24. The van der Waals surface area contributed by atoms with Crippen molar-refractivity contribution in [3.8, 4) is 5.75 Å². The maximum atomic E-state index is 5.99. The molecule has 0 amide bonds. The molecule has 0 fully saturated rings. The third-order valence-electron chi connectivity index (χ3n) is 4.06. The van der Waals surface area contributed by atoms with Crippen molar-refractivity contribution in [2.75, 3.05) is 7.11 Å². The molecule has 1 aliphatic heterocycles. The Labute approximate surface area is 131 Å². The number of rotatable bonds is 3. The van der Waals surface area contributed by atoms with Gasteiger partial charge in [0.2, 0.25) is 0 Å². The van der Waals surface area contributed by atoms with Crippen LogP contribution in [0, 0.1) is 6.92 Å². The summed E-state index contributed by atoms with van der Waals surface area (Å²) in [7, 11) is 1.67. The van der Waals surface area contributed by atoms with Crippen molar-refractivity contribution >= 4 is 5.96 Å². The molecule has 1 aliphatic rings. The van der Waals surface area contributed by atoms with Gasteiger partial charge in [0.15, 0.2) is 5.96 Å². The molecule has 2 atom stereocenters. The number of hydrogen-bond donors (Lipinski definition) is 2. The monoisotopic (exact) mass is 295 g/mol. The summed E-state index contributed by atoms with van der Waals surface area (Å²) in [5, 5.41) is 3.28. The lowest BCUT2D eigenvalue weighted by Gasteiger charge is -2.29. The Morgan fingerprint density at radius 2 is 1.68 bits per heavy atom. The molecule has 1 heterocycles. The van der Waals surface area contributed by atoms with E-state index in [0.717, 1.165) is 17.7 Å². The summed E-state index contributed by atoms with van der Waals surface area (Å²) in [5.74, 6) is 1.35. The van der Waals surface area contributed by atoms with Gasteiger partial charge in [-0.05, 0) is 36.6 Å². The fourth-order valence-electron chi connectivity index (χ4n) is 2.77. The predicted octanol–water partition coefficient (Wildman–Crippen LogP) is 3.09. The SMILES string of the molecule is COc1ccc(C2CC(c3ccc(C)cc3)NC(N)=N2)cc1. The minimum absolute atomic E-state index is 0.0680. The van der Waals surface area contributed by atoms with Gasteiger partial charge in [0.25, 0.3) is 0 Å². The van der Waals surface area contributed by atoms with Gasteiger partial charge in [-0.1, -0.05) is 42.0 Å². The fraction of sp³-hybridized carbons (Fsp3) is 0.278. The molecule has 4 nitrogen and oxygen atoms in total. The first-order valence-electron chi connectivity index (χ1n) is 7.46. The number of methoxy groups -OCH3 is 1. The quantitative estimate of drug-likeness (QED) is 0.914. The fourth-order valence-corrected chi connectivity index (χ4v) is 2.77. The van der Waals surface area contributed by atoms with E-state index < -0.39 is 0 Å². The molecule has 0 saturated carbocycles. The average molecular weight is 295 g/mol. The van der Waals surface area contributed by atoms with Gasteiger partial charge in [0, 0.05) is 0 Å². The normalized spacial score (nSPS) is 20.9. The molecule has 114 valence electrons. The van der Waals surface area contributed by atoms with Crippen molar-refractivity contribution in [2.24, 2.45) is 10.7 Å². The molecule has 3 N–H and O–H groups in total. The first-order chi connectivity index (χ1) is 10.7. The second kappa shape index (κ2) is 6.10. The Hall–Kier alpha value is -2.49. The third kappa shape index (κ3) is 3.06. The topological polar surface area (TPSA) is 59.6 Å². The van der Waals surface area contributed by atoms with Crippen LogP contribution in [0.1, 0.15) is 35.2 Å². The van der Waals surface area contributed by atoms with Crippen LogP contribution in [0.15, 0.2) is 53.5 Å². The highest BCUT2D eigenvalue weighted by molar-refractivity contribution is 5.79. The van der Waals surface area contributed by atoms with Crippen molar-refractivity contribution in [3.63, 3.8) is 0 Å². The van der Waals surface area contributed by atoms with Crippen molar-refractivity contribution in [3.05, 3.63) is 65.2 Å². The molecule has 2 unspecified atom stereocenters. The Balaban J connectivity index is 1.83. The average Bonchev–Trinajstić information content (AvgIpc) is 2.55. The summed E-state index contributed by atoms with van der Waals surface area (Å²) < 4.78 is 5.21. The number of aryl methyl sites for hydroxylation is 1. The van der Waals surface area contributed by atoms with Crippen molar-refractivity contribution < 1.29 is 4.74 Å². The molecule has 3 rings (SSSR count). The molecular weight excluding hydrogens is 274 g/mol.